The highest BCUT2D eigenvalue weighted by Gasteiger charge is 2.08. The van der Waals surface area contributed by atoms with Gasteiger partial charge in [-0.1, -0.05) is 30.3 Å². The van der Waals surface area contributed by atoms with Gasteiger partial charge in [0.15, 0.2) is 0 Å². The van der Waals surface area contributed by atoms with Crippen molar-refractivity contribution < 1.29 is 9.84 Å². The minimum Gasteiger partial charge on any atom is -0.488 e. The van der Waals surface area contributed by atoms with Crippen LogP contribution >= 0.6 is 11.3 Å². The number of rotatable bonds is 4. The molecule has 0 unspecified atom stereocenters. The van der Waals surface area contributed by atoms with Crippen molar-refractivity contribution in [2.24, 2.45) is 0 Å². The van der Waals surface area contributed by atoms with Gasteiger partial charge < -0.3 is 9.84 Å². The summed E-state index contributed by atoms with van der Waals surface area (Å²) >= 11 is 1.56. The number of hydrogen-bond acceptors (Lipinski definition) is 4. The van der Waals surface area contributed by atoms with E-state index in [-0.39, 0.29) is 6.61 Å². The van der Waals surface area contributed by atoms with Crippen LogP contribution in [-0.4, -0.2) is 10.1 Å². The zero-order chi connectivity index (χ0) is 13.1. The second kappa shape index (κ2) is 5.38. The number of hydrogen-bond donors (Lipinski definition) is 1. The van der Waals surface area contributed by atoms with Gasteiger partial charge in [0.1, 0.15) is 12.4 Å². The zero-order valence-electron chi connectivity index (χ0n) is 10.2. The van der Waals surface area contributed by atoms with Gasteiger partial charge in [0.05, 0.1) is 17.0 Å². The molecule has 3 aromatic rings. The highest BCUT2D eigenvalue weighted by molar-refractivity contribution is 7.09. The molecule has 0 atom stereocenters. The van der Waals surface area contributed by atoms with E-state index in [0.717, 1.165) is 27.0 Å². The molecule has 3 rings (SSSR count). The lowest BCUT2D eigenvalue weighted by atomic mass is 10.0. The van der Waals surface area contributed by atoms with Crippen LogP contribution in [0.3, 0.4) is 0 Å². The monoisotopic (exact) mass is 271 g/mol. The molecule has 1 N–H and O–H groups in total. The normalized spacial score (nSPS) is 10.8. The van der Waals surface area contributed by atoms with Crippen molar-refractivity contribution in [1.82, 2.24) is 4.98 Å². The first-order chi connectivity index (χ1) is 9.38. The summed E-state index contributed by atoms with van der Waals surface area (Å²) in [6.45, 7) is 0.454. The second-order valence-electron chi connectivity index (χ2n) is 4.18. The predicted octanol–water partition coefficient (Wildman–Crippen LogP) is 3.37. The molecule has 0 bridgehead atoms. The summed E-state index contributed by atoms with van der Waals surface area (Å²) in [4.78, 5) is 5.08. The molecule has 0 saturated heterocycles. The zero-order valence-corrected chi connectivity index (χ0v) is 11.1. The second-order valence-corrected chi connectivity index (χ2v) is 5.15. The van der Waals surface area contributed by atoms with E-state index in [1.807, 2.05) is 36.4 Å². The van der Waals surface area contributed by atoms with Gasteiger partial charge in [0, 0.05) is 11.8 Å². The minimum atomic E-state index is -0.0284. The van der Waals surface area contributed by atoms with Crippen LogP contribution in [0.5, 0.6) is 5.75 Å². The molecule has 0 fully saturated rings. The number of aliphatic hydroxyl groups excluding tert-OH is 1. The van der Waals surface area contributed by atoms with Gasteiger partial charge in [-0.3, -0.25) is 4.98 Å². The van der Waals surface area contributed by atoms with Crippen molar-refractivity contribution in [3.05, 3.63) is 58.5 Å². The Balaban J connectivity index is 1.94. The quantitative estimate of drug-likeness (QED) is 0.791. The molecule has 3 nitrogen and oxygen atoms in total. The first kappa shape index (κ1) is 12.1. The molecule has 1 heterocycles. The van der Waals surface area contributed by atoms with Crippen LogP contribution < -0.4 is 4.74 Å². The molecule has 0 aliphatic heterocycles. The molecule has 2 aromatic carbocycles. The first-order valence-electron chi connectivity index (χ1n) is 6.00. The fourth-order valence-electron chi connectivity index (χ4n) is 2.08. The lowest BCUT2D eigenvalue weighted by Crippen LogP contribution is -1.98. The molecular weight excluding hydrogens is 258 g/mol. The van der Waals surface area contributed by atoms with E-state index < -0.39 is 0 Å². The highest BCUT2D eigenvalue weighted by atomic mass is 32.1. The van der Waals surface area contributed by atoms with Crippen molar-refractivity contribution >= 4 is 22.1 Å². The Morgan fingerprint density at radius 2 is 2.05 bits per heavy atom. The summed E-state index contributed by atoms with van der Waals surface area (Å²) in [5, 5.41) is 11.7. The third-order valence-corrected chi connectivity index (χ3v) is 3.76. The third kappa shape index (κ3) is 2.45. The fourth-order valence-corrected chi connectivity index (χ4v) is 2.58. The van der Waals surface area contributed by atoms with Crippen molar-refractivity contribution in [3.8, 4) is 5.75 Å². The standard InChI is InChI=1S/C15H13NO2S/c17-8-14-13-4-2-1-3-11(13)5-6-15(14)18-9-12-7-16-10-19-12/h1-7,10,17H,8-9H2. The topological polar surface area (TPSA) is 42.4 Å². The number of fused-ring (bicyclic) bond motifs is 1. The van der Waals surface area contributed by atoms with E-state index in [4.69, 9.17) is 4.74 Å². The van der Waals surface area contributed by atoms with Crippen LogP contribution in [0.25, 0.3) is 10.8 Å². The van der Waals surface area contributed by atoms with Crippen LogP contribution in [0.1, 0.15) is 10.4 Å². The number of aromatic nitrogens is 1. The summed E-state index contributed by atoms with van der Waals surface area (Å²) in [6, 6.07) is 11.9. The van der Waals surface area contributed by atoms with E-state index in [2.05, 4.69) is 4.98 Å². The van der Waals surface area contributed by atoms with E-state index in [1.54, 1.807) is 23.0 Å². The van der Waals surface area contributed by atoms with E-state index in [0.29, 0.717) is 6.61 Å². The summed E-state index contributed by atoms with van der Waals surface area (Å²) in [6.07, 6.45) is 1.80. The van der Waals surface area contributed by atoms with Gasteiger partial charge in [-0.05, 0) is 16.8 Å². The average molecular weight is 271 g/mol. The minimum absolute atomic E-state index is 0.0284. The highest BCUT2D eigenvalue weighted by Crippen LogP contribution is 2.28. The lowest BCUT2D eigenvalue weighted by molar-refractivity contribution is 0.262. The maximum absolute atomic E-state index is 9.58. The Hall–Kier alpha value is -1.91. The van der Waals surface area contributed by atoms with Crippen LogP contribution in [0, 0.1) is 0 Å². The summed E-state index contributed by atoms with van der Waals surface area (Å²) in [5.74, 6) is 0.731. The number of aliphatic hydroxyl groups is 1. The summed E-state index contributed by atoms with van der Waals surface area (Å²) in [7, 11) is 0. The van der Waals surface area contributed by atoms with E-state index in [1.165, 1.54) is 0 Å². The molecule has 0 amide bonds. The number of benzene rings is 2. The SMILES string of the molecule is OCc1c(OCc2cncs2)ccc2ccccc12. The maximum atomic E-state index is 9.58. The van der Waals surface area contributed by atoms with Crippen molar-refractivity contribution in [2.75, 3.05) is 0 Å². The van der Waals surface area contributed by atoms with Crippen molar-refractivity contribution in [3.63, 3.8) is 0 Å². The van der Waals surface area contributed by atoms with Crippen molar-refractivity contribution in [1.29, 1.82) is 0 Å². The molecule has 0 radical (unpaired) electrons. The molecule has 0 aliphatic rings. The molecule has 96 valence electrons. The van der Waals surface area contributed by atoms with E-state index >= 15 is 0 Å². The molecule has 4 heteroatoms. The van der Waals surface area contributed by atoms with Crippen LogP contribution in [0.15, 0.2) is 48.1 Å². The molecular formula is C15H13NO2S. The molecule has 0 saturated carbocycles. The maximum Gasteiger partial charge on any atom is 0.126 e. The van der Waals surface area contributed by atoms with Gasteiger partial charge in [0.2, 0.25) is 0 Å². The Kier molecular flexibility index (Phi) is 3.44. The Morgan fingerprint density at radius 3 is 2.84 bits per heavy atom. The molecule has 0 spiro atoms. The Labute approximate surface area is 115 Å². The lowest BCUT2D eigenvalue weighted by Gasteiger charge is -2.12. The number of thiazole rings is 1. The Bertz CT molecular complexity index is 680. The van der Waals surface area contributed by atoms with Gasteiger partial charge in [-0.2, -0.15) is 0 Å². The summed E-state index contributed by atoms with van der Waals surface area (Å²) < 4.78 is 5.79. The smallest absolute Gasteiger partial charge is 0.126 e. The van der Waals surface area contributed by atoms with Crippen LogP contribution in [-0.2, 0) is 13.2 Å². The predicted molar refractivity (Wildman–Crippen MR) is 76.3 cm³/mol. The van der Waals surface area contributed by atoms with Gasteiger partial charge >= 0.3 is 0 Å². The van der Waals surface area contributed by atoms with Gasteiger partial charge in [-0.15, -0.1) is 11.3 Å². The Morgan fingerprint density at radius 1 is 1.16 bits per heavy atom. The van der Waals surface area contributed by atoms with Crippen LogP contribution in [0.2, 0.25) is 0 Å². The average Bonchev–Trinajstić information content (AvgIpc) is 2.97. The molecule has 19 heavy (non-hydrogen) atoms. The van der Waals surface area contributed by atoms with Gasteiger partial charge in [-0.25, -0.2) is 0 Å². The first-order valence-corrected chi connectivity index (χ1v) is 6.88. The molecule has 1 aromatic heterocycles. The fraction of sp³-hybridized carbons (Fsp3) is 0.133. The van der Waals surface area contributed by atoms with Crippen molar-refractivity contribution in [2.45, 2.75) is 13.2 Å². The summed E-state index contributed by atoms with van der Waals surface area (Å²) in [5.41, 5.74) is 2.62. The largest absolute Gasteiger partial charge is 0.488 e. The van der Waals surface area contributed by atoms with Crippen LogP contribution in [0.4, 0.5) is 0 Å². The number of ether oxygens (including phenoxy) is 1. The number of nitrogens with zero attached hydrogens (tertiary/aromatic N) is 1. The van der Waals surface area contributed by atoms with E-state index in [9.17, 15) is 5.11 Å². The molecule has 0 aliphatic carbocycles. The van der Waals surface area contributed by atoms with Gasteiger partial charge in [0.25, 0.3) is 0 Å². The third-order valence-electron chi connectivity index (χ3n) is 3.01.